The summed E-state index contributed by atoms with van der Waals surface area (Å²) in [5, 5.41) is 9.04. The number of hydrogen-bond donors (Lipinski definition) is 1. The van der Waals surface area contributed by atoms with E-state index in [0.717, 1.165) is 10.5 Å². The summed E-state index contributed by atoms with van der Waals surface area (Å²) in [6.45, 7) is 2.69. The zero-order chi connectivity index (χ0) is 12.8. The summed E-state index contributed by atoms with van der Waals surface area (Å²) in [7, 11) is 0. The SMILES string of the molecule is O=C(CSc1cccc(CO)c1)N1CCOCC1. The maximum absolute atomic E-state index is 11.9. The lowest BCUT2D eigenvalue weighted by atomic mass is 10.2. The van der Waals surface area contributed by atoms with Crippen molar-refractivity contribution in [3.8, 4) is 0 Å². The monoisotopic (exact) mass is 267 g/mol. The Labute approximate surface area is 111 Å². The van der Waals surface area contributed by atoms with Gasteiger partial charge in [-0.3, -0.25) is 4.79 Å². The highest BCUT2D eigenvalue weighted by atomic mass is 32.2. The summed E-state index contributed by atoms with van der Waals surface area (Å²) in [6, 6.07) is 7.63. The van der Waals surface area contributed by atoms with E-state index in [9.17, 15) is 4.79 Å². The zero-order valence-corrected chi connectivity index (χ0v) is 11.0. The molecule has 1 aliphatic heterocycles. The quantitative estimate of drug-likeness (QED) is 0.831. The molecule has 0 atom stereocenters. The molecular weight excluding hydrogens is 250 g/mol. The third-order valence-corrected chi connectivity index (χ3v) is 3.79. The number of aliphatic hydroxyl groups is 1. The van der Waals surface area contributed by atoms with Crippen LogP contribution >= 0.6 is 11.8 Å². The third kappa shape index (κ3) is 3.73. The van der Waals surface area contributed by atoms with Gasteiger partial charge < -0.3 is 14.7 Å². The fraction of sp³-hybridized carbons (Fsp3) is 0.462. The summed E-state index contributed by atoms with van der Waals surface area (Å²) >= 11 is 1.51. The van der Waals surface area contributed by atoms with Crippen molar-refractivity contribution in [3.05, 3.63) is 29.8 Å². The summed E-state index contributed by atoms with van der Waals surface area (Å²) in [5.41, 5.74) is 0.874. The van der Waals surface area contributed by atoms with E-state index in [1.165, 1.54) is 11.8 Å². The van der Waals surface area contributed by atoms with Crippen LogP contribution in [0.4, 0.5) is 0 Å². The van der Waals surface area contributed by atoms with Gasteiger partial charge in [0.2, 0.25) is 5.91 Å². The minimum Gasteiger partial charge on any atom is -0.392 e. The summed E-state index contributed by atoms with van der Waals surface area (Å²) in [6.07, 6.45) is 0. The van der Waals surface area contributed by atoms with Crippen molar-refractivity contribution in [1.29, 1.82) is 0 Å². The number of carbonyl (C=O) groups excluding carboxylic acids is 1. The first kappa shape index (κ1) is 13.4. The van der Waals surface area contributed by atoms with Gasteiger partial charge in [-0.25, -0.2) is 0 Å². The Morgan fingerprint density at radius 2 is 2.17 bits per heavy atom. The van der Waals surface area contributed by atoms with Gasteiger partial charge in [-0.15, -0.1) is 11.8 Å². The summed E-state index contributed by atoms with van der Waals surface area (Å²) < 4.78 is 5.21. The van der Waals surface area contributed by atoms with E-state index >= 15 is 0 Å². The van der Waals surface area contributed by atoms with Crippen LogP contribution in [0.3, 0.4) is 0 Å². The Kier molecular flexibility index (Phi) is 5.04. The molecule has 1 aromatic rings. The maximum atomic E-state index is 11.9. The second kappa shape index (κ2) is 6.78. The van der Waals surface area contributed by atoms with Crippen LogP contribution in [0.15, 0.2) is 29.2 Å². The fourth-order valence-electron chi connectivity index (χ4n) is 1.78. The van der Waals surface area contributed by atoms with E-state index < -0.39 is 0 Å². The Balaban J connectivity index is 1.84. The standard InChI is InChI=1S/C13H17NO3S/c15-9-11-2-1-3-12(8-11)18-10-13(16)14-4-6-17-7-5-14/h1-3,8,15H,4-7,9-10H2. The van der Waals surface area contributed by atoms with E-state index in [1.54, 1.807) is 0 Å². The lowest BCUT2D eigenvalue weighted by Crippen LogP contribution is -2.41. The number of morpholine rings is 1. The maximum Gasteiger partial charge on any atom is 0.233 e. The van der Waals surface area contributed by atoms with E-state index in [0.29, 0.717) is 32.1 Å². The molecule has 1 N–H and O–H groups in total. The molecule has 4 nitrogen and oxygen atoms in total. The third-order valence-electron chi connectivity index (χ3n) is 2.81. The molecular formula is C13H17NO3S. The topological polar surface area (TPSA) is 49.8 Å². The van der Waals surface area contributed by atoms with Crippen molar-refractivity contribution >= 4 is 17.7 Å². The predicted molar refractivity (Wildman–Crippen MR) is 70.5 cm³/mol. The lowest BCUT2D eigenvalue weighted by Gasteiger charge is -2.26. The van der Waals surface area contributed by atoms with E-state index in [2.05, 4.69) is 0 Å². The molecule has 2 rings (SSSR count). The first-order valence-electron chi connectivity index (χ1n) is 5.98. The van der Waals surface area contributed by atoms with Crippen LogP contribution in [0.2, 0.25) is 0 Å². The second-order valence-corrected chi connectivity index (χ2v) is 5.14. The number of carbonyl (C=O) groups is 1. The van der Waals surface area contributed by atoms with Gasteiger partial charge in [0.15, 0.2) is 0 Å². The van der Waals surface area contributed by atoms with Gasteiger partial charge in [0.1, 0.15) is 0 Å². The largest absolute Gasteiger partial charge is 0.392 e. The summed E-state index contributed by atoms with van der Waals surface area (Å²) in [4.78, 5) is 14.8. The molecule has 0 aromatic heterocycles. The molecule has 1 aliphatic rings. The molecule has 1 aromatic carbocycles. The second-order valence-electron chi connectivity index (χ2n) is 4.09. The van der Waals surface area contributed by atoms with Crippen molar-refractivity contribution in [3.63, 3.8) is 0 Å². The van der Waals surface area contributed by atoms with Gasteiger partial charge in [-0.05, 0) is 17.7 Å². The number of aliphatic hydroxyl groups excluding tert-OH is 1. The van der Waals surface area contributed by atoms with Crippen molar-refractivity contribution in [2.75, 3.05) is 32.1 Å². The van der Waals surface area contributed by atoms with E-state index in [1.807, 2.05) is 29.2 Å². The minimum absolute atomic E-state index is 0.0335. The molecule has 1 saturated heterocycles. The Hall–Kier alpha value is -1.04. The van der Waals surface area contributed by atoms with Crippen LogP contribution in [0.25, 0.3) is 0 Å². The van der Waals surface area contributed by atoms with E-state index in [-0.39, 0.29) is 12.5 Å². The number of ether oxygens (including phenoxy) is 1. The molecule has 0 saturated carbocycles. The number of nitrogens with zero attached hydrogens (tertiary/aromatic N) is 1. The van der Waals surface area contributed by atoms with Crippen molar-refractivity contribution in [2.24, 2.45) is 0 Å². The molecule has 0 spiro atoms. The first-order valence-corrected chi connectivity index (χ1v) is 6.96. The smallest absolute Gasteiger partial charge is 0.233 e. The van der Waals surface area contributed by atoms with Crippen LogP contribution in [0, 0.1) is 0 Å². The molecule has 0 radical (unpaired) electrons. The van der Waals surface area contributed by atoms with Gasteiger partial charge in [-0.2, -0.15) is 0 Å². The number of thioether (sulfide) groups is 1. The van der Waals surface area contributed by atoms with Gasteiger partial charge in [-0.1, -0.05) is 12.1 Å². The first-order chi connectivity index (χ1) is 8.79. The molecule has 5 heteroatoms. The van der Waals surface area contributed by atoms with Crippen molar-refractivity contribution in [1.82, 2.24) is 4.90 Å². The zero-order valence-electron chi connectivity index (χ0n) is 10.2. The van der Waals surface area contributed by atoms with Crippen LogP contribution in [-0.4, -0.2) is 48.0 Å². The molecule has 0 aliphatic carbocycles. The van der Waals surface area contributed by atoms with Gasteiger partial charge in [0.25, 0.3) is 0 Å². The van der Waals surface area contributed by atoms with Gasteiger partial charge >= 0.3 is 0 Å². The molecule has 98 valence electrons. The molecule has 0 unspecified atom stereocenters. The highest BCUT2D eigenvalue weighted by molar-refractivity contribution is 8.00. The van der Waals surface area contributed by atoms with Crippen molar-refractivity contribution < 1.29 is 14.6 Å². The van der Waals surface area contributed by atoms with Crippen LogP contribution in [0.5, 0.6) is 0 Å². The van der Waals surface area contributed by atoms with Gasteiger partial charge in [0, 0.05) is 18.0 Å². The number of rotatable bonds is 4. The van der Waals surface area contributed by atoms with Crippen LogP contribution in [0.1, 0.15) is 5.56 Å². The van der Waals surface area contributed by atoms with Crippen LogP contribution in [-0.2, 0) is 16.1 Å². The Morgan fingerprint density at radius 3 is 2.89 bits per heavy atom. The normalized spacial score (nSPS) is 15.7. The highest BCUT2D eigenvalue weighted by Gasteiger charge is 2.16. The molecule has 0 bridgehead atoms. The fourth-order valence-corrected chi connectivity index (χ4v) is 2.66. The van der Waals surface area contributed by atoms with Crippen molar-refractivity contribution in [2.45, 2.75) is 11.5 Å². The molecule has 1 amide bonds. The average molecular weight is 267 g/mol. The Bertz CT molecular complexity index is 405. The molecule has 1 fully saturated rings. The highest BCUT2D eigenvalue weighted by Crippen LogP contribution is 2.19. The van der Waals surface area contributed by atoms with Gasteiger partial charge in [0.05, 0.1) is 25.6 Å². The number of hydrogen-bond acceptors (Lipinski definition) is 4. The average Bonchev–Trinajstić information content (AvgIpc) is 2.46. The molecule has 18 heavy (non-hydrogen) atoms. The summed E-state index contributed by atoms with van der Waals surface area (Å²) in [5.74, 6) is 0.590. The number of amides is 1. The Morgan fingerprint density at radius 1 is 1.39 bits per heavy atom. The predicted octanol–water partition coefficient (Wildman–Crippen LogP) is 1.13. The minimum atomic E-state index is 0.0335. The van der Waals surface area contributed by atoms with Crippen LogP contribution < -0.4 is 0 Å². The number of benzene rings is 1. The lowest BCUT2D eigenvalue weighted by molar-refractivity contribution is -0.132. The molecule has 1 heterocycles. The van der Waals surface area contributed by atoms with E-state index in [4.69, 9.17) is 9.84 Å².